The maximum Gasteiger partial charge on any atom is 0.315 e. The molecule has 3 rings (SSSR count). The predicted molar refractivity (Wildman–Crippen MR) is 92.5 cm³/mol. The van der Waals surface area contributed by atoms with Crippen LogP contribution in [-0.4, -0.2) is 51.4 Å². The molecule has 1 unspecified atom stereocenters. The minimum Gasteiger partial charge on any atom is -0.338 e. The van der Waals surface area contributed by atoms with Crippen LogP contribution in [0.3, 0.4) is 0 Å². The monoisotopic (exact) mass is 334 g/mol. The van der Waals surface area contributed by atoms with Gasteiger partial charge in [0.1, 0.15) is 12.2 Å². The highest BCUT2D eigenvalue weighted by molar-refractivity contribution is 5.74. The largest absolute Gasteiger partial charge is 0.338 e. The Balaban J connectivity index is 1.41. The Morgan fingerprint density at radius 3 is 2.92 bits per heavy atom. The van der Waals surface area contributed by atoms with E-state index in [1.807, 2.05) is 4.68 Å². The highest BCUT2D eigenvalue weighted by Crippen LogP contribution is 2.18. The lowest BCUT2D eigenvalue weighted by Crippen LogP contribution is -2.45. The molecule has 2 N–H and O–H groups in total. The highest BCUT2D eigenvalue weighted by Gasteiger charge is 2.22. The standard InChI is InChI=1S/C17H30N6O/c1-2-23-16(19-13-20-23)12-22-9-5-6-14(11-22)10-18-17(24)21-15-7-3-4-8-15/h13-15H,2-12H2,1H3,(H2,18,21,24). The summed E-state index contributed by atoms with van der Waals surface area (Å²) in [5.74, 6) is 1.55. The van der Waals surface area contributed by atoms with Crippen molar-refractivity contribution in [2.45, 2.75) is 64.6 Å². The third-order valence-electron chi connectivity index (χ3n) is 5.21. The number of carbonyl (C=O) groups excluding carboxylic acids is 1. The Hall–Kier alpha value is -1.63. The molecule has 134 valence electrons. The van der Waals surface area contributed by atoms with Crippen LogP contribution in [0.1, 0.15) is 51.3 Å². The zero-order valence-corrected chi connectivity index (χ0v) is 14.7. The normalized spacial score (nSPS) is 22.6. The average molecular weight is 334 g/mol. The summed E-state index contributed by atoms with van der Waals surface area (Å²) >= 11 is 0. The van der Waals surface area contributed by atoms with Crippen LogP contribution in [0.5, 0.6) is 0 Å². The van der Waals surface area contributed by atoms with Crippen LogP contribution in [0.2, 0.25) is 0 Å². The fraction of sp³-hybridized carbons (Fsp3) is 0.824. The topological polar surface area (TPSA) is 75.1 Å². The van der Waals surface area contributed by atoms with Crippen molar-refractivity contribution in [2.75, 3.05) is 19.6 Å². The van der Waals surface area contributed by atoms with E-state index in [0.717, 1.165) is 51.4 Å². The molecular weight excluding hydrogens is 304 g/mol. The van der Waals surface area contributed by atoms with Gasteiger partial charge in [0, 0.05) is 25.7 Å². The van der Waals surface area contributed by atoms with Crippen molar-refractivity contribution in [1.29, 1.82) is 0 Å². The Morgan fingerprint density at radius 2 is 2.12 bits per heavy atom. The number of aryl methyl sites for hydroxylation is 1. The molecule has 0 spiro atoms. The lowest BCUT2D eigenvalue weighted by Gasteiger charge is -2.32. The lowest BCUT2D eigenvalue weighted by molar-refractivity contribution is 0.159. The molecule has 0 aromatic carbocycles. The number of hydrogen-bond donors (Lipinski definition) is 2. The third-order valence-corrected chi connectivity index (χ3v) is 5.21. The summed E-state index contributed by atoms with van der Waals surface area (Å²) in [5, 5.41) is 10.4. The van der Waals surface area contributed by atoms with Crippen molar-refractivity contribution in [2.24, 2.45) is 5.92 Å². The van der Waals surface area contributed by atoms with E-state index < -0.39 is 0 Å². The SMILES string of the molecule is CCn1ncnc1CN1CCCC(CNC(=O)NC2CCCC2)C1. The maximum atomic E-state index is 12.0. The number of aromatic nitrogens is 3. The van der Waals surface area contributed by atoms with Crippen LogP contribution in [0.25, 0.3) is 0 Å². The van der Waals surface area contributed by atoms with E-state index in [4.69, 9.17) is 0 Å². The first kappa shape index (κ1) is 17.2. The van der Waals surface area contributed by atoms with Gasteiger partial charge in [-0.05, 0) is 45.1 Å². The maximum absolute atomic E-state index is 12.0. The number of nitrogens with zero attached hydrogens (tertiary/aromatic N) is 4. The molecule has 0 bridgehead atoms. The average Bonchev–Trinajstić information content (AvgIpc) is 3.25. The molecule has 1 aromatic heterocycles. The summed E-state index contributed by atoms with van der Waals surface area (Å²) in [6.07, 6.45) is 8.73. The summed E-state index contributed by atoms with van der Waals surface area (Å²) in [5.41, 5.74) is 0. The number of hydrogen-bond acceptors (Lipinski definition) is 4. The van der Waals surface area contributed by atoms with Crippen LogP contribution in [0.4, 0.5) is 4.79 Å². The van der Waals surface area contributed by atoms with Crippen LogP contribution in [0, 0.1) is 5.92 Å². The molecule has 2 heterocycles. The van der Waals surface area contributed by atoms with Gasteiger partial charge in [0.2, 0.25) is 0 Å². The third kappa shape index (κ3) is 4.69. The zero-order chi connectivity index (χ0) is 16.8. The van der Waals surface area contributed by atoms with Crippen molar-refractivity contribution in [3.8, 4) is 0 Å². The van der Waals surface area contributed by atoms with Gasteiger partial charge >= 0.3 is 6.03 Å². The van der Waals surface area contributed by atoms with Gasteiger partial charge in [0.25, 0.3) is 0 Å². The van der Waals surface area contributed by atoms with E-state index in [1.54, 1.807) is 6.33 Å². The van der Waals surface area contributed by atoms with Crippen LogP contribution < -0.4 is 10.6 Å². The molecule has 2 fully saturated rings. The second kappa shape index (κ2) is 8.46. The van der Waals surface area contributed by atoms with Crippen molar-refractivity contribution in [3.05, 3.63) is 12.2 Å². The molecule has 1 aliphatic carbocycles. The van der Waals surface area contributed by atoms with E-state index in [2.05, 4.69) is 32.5 Å². The van der Waals surface area contributed by atoms with Gasteiger partial charge in [0.05, 0.1) is 6.54 Å². The fourth-order valence-electron chi connectivity index (χ4n) is 3.88. The molecule has 7 nitrogen and oxygen atoms in total. The summed E-state index contributed by atoms with van der Waals surface area (Å²) in [7, 11) is 0. The predicted octanol–water partition coefficient (Wildman–Crippen LogP) is 1.75. The first-order valence-electron chi connectivity index (χ1n) is 9.38. The first-order valence-corrected chi connectivity index (χ1v) is 9.38. The van der Waals surface area contributed by atoms with E-state index in [1.165, 1.54) is 25.7 Å². The van der Waals surface area contributed by atoms with Gasteiger partial charge < -0.3 is 10.6 Å². The number of nitrogens with one attached hydrogen (secondary N) is 2. The number of rotatable bonds is 6. The van der Waals surface area contributed by atoms with Gasteiger partial charge in [-0.15, -0.1) is 0 Å². The van der Waals surface area contributed by atoms with E-state index in [-0.39, 0.29) is 6.03 Å². The summed E-state index contributed by atoms with van der Waals surface area (Å²) in [6.45, 7) is 6.66. The van der Waals surface area contributed by atoms with E-state index in [0.29, 0.717) is 12.0 Å². The van der Waals surface area contributed by atoms with Crippen LogP contribution in [-0.2, 0) is 13.1 Å². The Bertz CT molecular complexity index is 525. The van der Waals surface area contributed by atoms with Crippen LogP contribution in [0.15, 0.2) is 6.33 Å². The minimum atomic E-state index is 0.00440. The highest BCUT2D eigenvalue weighted by atomic mass is 16.2. The summed E-state index contributed by atoms with van der Waals surface area (Å²) in [6, 6.07) is 0.387. The summed E-state index contributed by atoms with van der Waals surface area (Å²) in [4.78, 5) is 18.8. The van der Waals surface area contributed by atoms with E-state index >= 15 is 0 Å². The molecule has 1 aliphatic heterocycles. The molecule has 7 heteroatoms. The van der Waals surface area contributed by atoms with Gasteiger partial charge in [-0.1, -0.05) is 12.8 Å². The Morgan fingerprint density at radius 1 is 1.29 bits per heavy atom. The van der Waals surface area contributed by atoms with Gasteiger partial charge in [-0.3, -0.25) is 4.90 Å². The van der Waals surface area contributed by atoms with Gasteiger partial charge in [-0.25, -0.2) is 14.5 Å². The molecule has 1 atom stereocenters. The fourth-order valence-corrected chi connectivity index (χ4v) is 3.88. The van der Waals surface area contributed by atoms with Crippen molar-refractivity contribution in [1.82, 2.24) is 30.3 Å². The molecule has 1 saturated carbocycles. The Kier molecular flexibility index (Phi) is 6.07. The number of amides is 2. The number of likely N-dealkylation sites (tertiary alicyclic amines) is 1. The number of urea groups is 1. The molecule has 2 amide bonds. The minimum absolute atomic E-state index is 0.00440. The number of carbonyl (C=O) groups is 1. The summed E-state index contributed by atoms with van der Waals surface area (Å²) < 4.78 is 1.96. The second-order valence-electron chi connectivity index (χ2n) is 7.07. The van der Waals surface area contributed by atoms with Gasteiger partial charge in [0.15, 0.2) is 0 Å². The van der Waals surface area contributed by atoms with Crippen LogP contribution >= 0.6 is 0 Å². The van der Waals surface area contributed by atoms with Crippen molar-refractivity contribution >= 4 is 6.03 Å². The Labute approximate surface area is 144 Å². The smallest absolute Gasteiger partial charge is 0.315 e. The van der Waals surface area contributed by atoms with Crippen molar-refractivity contribution < 1.29 is 4.79 Å². The van der Waals surface area contributed by atoms with E-state index in [9.17, 15) is 4.79 Å². The van der Waals surface area contributed by atoms with Crippen molar-refractivity contribution in [3.63, 3.8) is 0 Å². The molecule has 1 saturated heterocycles. The zero-order valence-electron chi connectivity index (χ0n) is 14.7. The molecular formula is C17H30N6O. The molecule has 1 aromatic rings. The molecule has 24 heavy (non-hydrogen) atoms. The first-order chi connectivity index (χ1) is 11.7. The lowest BCUT2D eigenvalue weighted by atomic mass is 9.98. The molecule has 2 aliphatic rings. The second-order valence-corrected chi connectivity index (χ2v) is 7.07. The van der Waals surface area contributed by atoms with Gasteiger partial charge in [-0.2, -0.15) is 5.10 Å². The number of piperidine rings is 1. The quantitative estimate of drug-likeness (QED) is 0.831. The molecule has 0 radical (unpaired) electrons.